The molecule has 1 saturated heterocycles. The van der Waals surface area contributed by atoms with Crippen molar-refractivity contribution in [3.05, 3.63) is 36.0 Å². The van der Waals surface area contributed by atoms with E-state index in [4.69, 9.17) is 0 Å². The number of nitrogens with one attached hydrogen (secondary N) is 1. The third-order valence-corrected chi connectivity index (χ3v) is 6.77. The zero-order valence-corrected chi connectivity index (χ0v) is 17.4. The molecule has 1 aromatic carbocycles. The summed E-state index contributed by atoms with van der Waals surface area (Å²) >= 11 is 0. The van der Waals surface area contributed by atoms with Crippen molar-refractivity contribution < 1.29 is 4.79 Å². The smallest absolute Gasteiger partial charge is 0.326 e. The minimum Gasteiger partial charge on any atom is -0.336 e. The Morgan fingerprint density at radius 2 is 1.93 bits per heavy atom. The second-order valence-corrected chi connectivity index (χ2v) is 8.85. The van der Waals surface area contributed by atoms with Crippen molar-refractivity contribution in [2.45, 2.75) is 50.5 Å². The molecule has 2 heterocycles. The fraction of sp³-hybridized carbons (Fsp3) is 0.609. The van der Waals surface area contributed by atoms with Crippen molar-refractivity contribution >= 4 is 16.9 Å². The van der Waals surface area contributed by atoms with Crippen molar-refractivity contribution in [3.8, 4) is 0 Å². The van der Waals surface area contributed by atoms with Gasteiger partial charge in [0.1, 0.15) is 0 Å². The van der Waals surface area contributed by atoms with E-state index in [-0.39, 0.29) is 6.03 Å². The molecule has 0 atom stereocenters. The van der Waals surface area contributed by atoms with Gasteiger partial charge < -0.3 is 10.2 Å². The van der Waals surface area contributed by atoms with Crippen LogP contribution in [0.15, 0.2) is 30.5 Å². The van der Waals surface area contributed by atoms with Gasteiger partial charge in [0.05, 0.1) is 5.52 Å². The van der Waals surface area contributed by atoms with Crippen LogP contribution >= 0.6 is 0 Å². The lowest BCUT2D eigenvalue weighted by molar-refractivity contribution is -0.0149. The molecule has 5 nitrogen and oxygen atoms in total. The van der Waals surface area contributed by atoms with E-state index in [0.717, 1.165) is 31.6 Å². The minimum atomic E-state index is -0.00743. The molecule has 0 unspecified atom stereocenters. The highest BCUT2D eigenvalue weighted by Gasteiger charge is 2.43. The highest BCUT2D eigenvalue weighted by molar-refractivity contribution is 5.93. The van der Waals surface area contributed by atoms with Crippen LogP contribution in [0.25, 0.3) is 10.9 Å². The van der Waals surface area contributed by atoms with Crippen LogP contribution in [0.2, 0.25) is 0 Å². The van der Waals surface area contributed by atoms with Gasteiger partial charge in [0.25, 0.3) is 0 Å². The van der Waals surface area contributed by atoms with Crippen LogP contribution < -0.4 is 5.32 Å². The Kier molecular flexibility index (Phi) is 5.74. The fourth-order valence-electron chi connectivity index (χ4n) is 5.00. The molecule has 152 valence electrons. The number of benzene rings is 1. The number of carbonyl (C=O) groups is 1. The molecule has 1 spiro atoms. The van der Waals surface area contributed by atoms with Crippen molar-refractivity contribution in [1.29, 1.82) is 0 Å². The Morgan fingerprint density at radius 3 is 2.68 bits per heavy atom. The molecule has 0 bridgehead atoms. The van der Waals surface area contributed by atoms with Crippen LogP contribution in [0, 0.1) is 0 Å². The van der Waals surface area contributed by atoms with Gasteiger partial charge in [0.15, 0.2) is 0 Å². The molecular weight excluding hydrogens is 348 g/mol. The fourth-order valence-corrected chi connectivity index (χ4v) is 5.00. The normalized spacial score (nSPS) is 19.2. The Labute approximate surface area is 168 Å². The highest BCUT2D eigenvalue weighted by Crippen LogP contribution is 2.43. The first-order valence-corrected chi connectivity index (χ1v) is 10.9. The molecule has 2 fully saturated rings. The third-order valence-electron chi connectivity index (χ3n) is 6.77. The number of fused-ring (bicyclic) bond motifs is 1. The van der Waals surface area contributed by atoms with Crippen LogP contribution in [0.1, 0.15) is 44.1 Å². The Bertz CT molecular complexity index is 821. The quantitative estimate of drug-likeness (QED) is 0.828. The Balaban J connectivity index is 1.41. The number of rotatable bonds is 6. The van der Waals surface area contributed by atoms with Crippen LogP contribution in [0.3, 0.4) is 0 Å². The number of carbonyl (C=O) groups excluding carboxylic acids is 1. The van der Waals surface area contributed by atoms with Crippen molar-refractivity contribution in [2.24, 2.45) is 0 Å². The standard InChI is InChI=1S/C23H34N4O/c1-25(2)16-10-19-18-27(21-9-4-3-8-20(19)21)22(28)24-14-17-26-15-6-5-11-23(26)12-7-13-23/h3-4,8-9,18H,5-7,10-17H2,1-2H3,(H,24,28). The van der Waals surface area contributed by atoms with Crippen LogP contribution in [0.4, 0.5) is 4.79 Å². The van der Waals surface area contributed by atoms with E-state index in [0.29, 0.717) is 5.54 Å². The number of hydrogen-bond donors (Lipinski definition) is 1. The van der Waals surface area contributed by atoms with Gasteiger partial charge in [0.2, 0.25) is 0 Å². The van der Waals surface area contributed by atoms with E-state index < -0.39 is 0 Å². The summed E-state index contributed by atoms with van der Waals surface area (Å²) in [7, 11) is 4.17. The molecule has 0 radical (unpaired) electrons. The molecule has 4 rings (SSSR count). The number of piperidine rings is 1. The number of aromatic nitrogens is 1. The minimum absolute atomic E-state index is 0.00743. The van der Waals surface area contributed by atoms with Crippen LogP contribution in [0.5, 0.6) is 0 Å². The van der Waals surface area contributed by atoms with E-state index >= 15 is 0 Å². The monoisotopic (exact) mass is 382 g/mol. The molecule has 1 saturated carbocycles. The second-order valence-electron chi connectivity index (χ2n) is 8.85. The summed E-state index contributed by atoms with van der Waals surface area (Å²) in [4.78, 5) is 17.8. The third kappa shape index (κ3) is 3.83. The van der Waals surface area contributed by atoms with Crippen LogP contribution in [-0.4, -0.2) is 66.2 Å². The summed E-state index contributed by atoms with van der Waals surface area (Å²) in [5, 5.41) is 4.36. The van der Waals surface area contributed by atoms with Crippen molar-refractivity contribution in [1.82, 2.24) is 19.7 Å². The molecule has 1 aliphatic heterocycles. The zero-order valence-electron chi connectivity index (χ0n) is 17.4. The van der Waals surface area contributed by atoms with E-state index in [1.807, 2.05) is 18.3 Å². The molecule has 1 aromatic heterocycles. The van der Waals surface area contributed by atoms with Gasteiger partial charge in [-0.3, -0.25) is 9.47 Å². The SMILES string of the molecule is CN(C)CCc1cn(C(=O)NCCN2CCCCC23CCC3)c2ccccc12. The molecule has 1 aliphatic carbocycles. The maximum absolute atomic E-state index is 12.9. The van der Waals surface area contributed by atoms with Crippen LogP contribution in [-0.2, 0) is 6.42 Å². The molecule has 5 heteroatoms. The number of para-hydroxylation sites is 1. The molecule has 2 aromatic rings. The average molecular weight is 383 g/mol. The Morgan fingerprint density at radius 1 is 1.14 bits per heavy atom. The van der Waals surface area contributed by atoms with Gasteiger partial charge in [-0.25, -0.2) is 4.79 Å². The summed E-state index contributed by atoms with van der Waals surface area (Å²) in [6, 6.07) is 8.22. The highest BCUT2D eigenvalue weighted by atomic mass is 16.2. The zero-order chi connectivity index (χ0) is 19.6. The first-order valence-electron chi connectivity index (χ1n) is 10.9. The van der Waals surface area contributed by atoms with Crippen molar-refractivity contribution in [2.75, 3.05) is 40.3 Å². The predicted molar refractivity (Wildman–Crippen MR) is 115 cm³/mol. The molecule has 28 heavy (non-hydrogen) atoms. The topological polar surface area (TPSA) is 40.5 Å². The first-order chi connectivity index (χ1) is 13.6. The summed E-state index contributed by atoms with van der Waals surface area (Å²) < 4.78 is 1.80. The molecule has 1 N–H and O–H groups in total. The second kappa shape index (κ2) is 8.26. The summed E-state index contributed by atoms with van der Waals surface area (Å²) in [6.07, 6.45) is 11.0. The molecule has 1 amide bonds. The van der Waals surface area contributed by atoms with E-state index in [1.165, 1.54) is 56.0 Å². The number of likely N-dealkylation sites (N-methyl/N-ethyl adjacent to an activating group) is 1. The lowest BCUT2D eigenvalue weighted by atomic mass is 9.70. The number of amides is 1. The summed E-state index contributed by atoms with van der Waals surface area (Å²) in [5.41, 5.74) is 2.70. The summed E-state index contributed by atoms with van der Waals surface area (Å²) in [6.45, 7) is 3.86. The lowest BCUT2D eigenvalue weighted by Crippen LogP contribution is -2.57. The van der Waals surface area contributed by atoms with Gasteiger partial charge in [-0.05, 0) is 70.8 Å². The van der Waals surface area contributed by atoms with Gasteiger partial charge in [-0.15, -0.1) is 0 Å². The predicted octanol–water partition coefficient (Wildman–Crippen LogP) is 3.71. The van der Waals surface area contributed by atoms with E-state index in [1.54, 1.807) is 4.57 Å². The van der Waals surface area contributed by atoms with Gasteiger partial charge in [0, 0.05) is 36.8 Å². The van der Waals surface area contributed by atoms with Crippen molar-refractivity contribution in [3.63, 3.8) is 0 Å². The lowest BCUT2D eigenvalue weighted by Gasteiger charge is -2.53. The Hall–Kier alpha value is -1.85. The average Bonchev–Trinajstić information content (AvgIpc) is 3.04. The number of hydrogen-bond acceptors (Lipinski definition) is 3. The van der Waals surface area contributed by atoms with E-state index in [2.05, 4.69) is 41.3 Å². The number of nitrogens with zero attached hydrogens (tertiary/aromatic N) is 3. The van der Waals surface area contributed by atoms with Gasteiger partial charge >= 0.3 is 6.03 Å². The molecular formula is C23H34N4O. The summed E-state index contributed by atoms with van der Waals surface area (Å²) in [5.74, 6) is 0. The molecule has 2 aliphatic rings. The maximum Gasteiger partial charge on any atom is 0.326 e. The van der Waals surface area contributed by atoms with Gasteiger partial charge in [-0.1, -0.05) is 24.6 Å². The van der Waals surface area contributed by atoms with Gasteiger partial charge in [-0.2, -0.15) is 0 Å². The largest absolute Gasteiger partial charge is 0.336 e. The first kappa shape index (κ1) is 19.5. The maximum atomic E-state index is 12.9. The number of likely N-dealkylation sites (tertiary alicyclic amines) is 1. The van der Waals surface area contributed by atoms with E-state index in [9.17, 15) is 4.79 Å².